The lowest BCUT2D eigenvalue weighted by Gasteiger charge is -2.32. The molecule has 0 radical (unpaired) electrons. The van der Waals surface area contributed by atoms with Gasteiger partial charge < -0.3 is 20.3 Å². The summed E-state index contributed by atoms with van der Waals surface area (Å²) in [5, 5.41) is 5.80. The molecule has 148 valence electrons. The predicted octanol–water partition coefficient (Wildman–Crippen LogP) is 3.43. The van der Waals surface area contributed by atoms with Gasteiger partial charge in [0, 0.05) is 18.8 Å². The van der Waals surface area contributed by atoms with Crippen molar-refractivity contribution < 1.29 is 14.3 Å². The Morgan fingerprint density at radius 2 is 1.86 bits per heavy atom. The van der Waals surface area contributed by atoms with Gasteiger partial charge in [-0.2, -0.15) is 0 Å². The van der Waals surface area contributed by atoms with E-state index in [0.717, 1.165) is 24.3 Å². The van der Waals surface area contributed by atoms with Crippen LogP contribution in [0.2, 0.25) is 0 Å². The molecule has 0 saturated carbocycles. The number of para-hydroxylation sites is 1. The lowest BCUT2D eigenvalue weighted by atomic mass is 9.97. The van der Waals surface area contributed by atoms with Crippen LogP contribution in [0, 0.1) is 12.8 Å². The first-order valence-electron chi connectivity index (χ1n) is 9.70. The van der Waals surface area contributed by atoms with Crippen LogP contribution in [0.25, 0.3) is 0 Å². The number of hydrogen-bond donors (Lipinski definition) is 2. The van der Waals surface area contributed by atoms with Gasteiger partial charge in [0.25, 0.3) is 0 Å². The van der Waals surface area contributed by atoms with Crippen LogP contribution in [-0.2, 0) is 4.79 Å². The van der Waals surface area contributed by atoms with E-state index >= 15 is 0 Å². The van der Waals surface area contributed by atoms with Crippen molar-refractivity contribution in [3.63, 3.8) is 0 Å². The van der Waals surface area contributed by atoms with Crippen LogP contribution in [0.4, 0.5) is 10.5 Å². The Morgan fingerprint density at radius 3 is 2.61 bits per heavy atom. The van der Waals surface area contributed by atoms with Crippen LogP contribution >= 0.6 is 0 Å². The van der Waals surface area contributed by atoms with Gasteiger partial charge in [0.1, 0.15) is 12.4 Å². The number of amides is 3. The molecule has 3 amide bonds. The second kappa shape index (κ2) is 9.78. The van der Waals surface area contributed by atoms with Crippen molar-refractivity contribution in [1.29, 1.82) is 0 Å². The van der Waals surface area contributed by atoms with Gasteiger partial charge in [0.15, 0.2) is 0 Å². The molecule has 2 N–H and O–H groups in total. The van der Waals surface area contributed by atoms with Crippen molar-refractivity contribution in [2.24, 2.45) is 5.92 Å². The number of urea groups is 1. The first-order valence-corrected chi connectivity index (χ1v) is 9.70. The van der Waals surface area contributed by atoms with Crippen molar-refractivity contribution in [1.82, 2.24) is 10.2 Å². The number of nitrogens with zero attached hydrogens (tertiary/aromatic N) is 1. The third-order valence-corrected chi connectivity index (χ3v) is 4.80. The maximum atomic E-state index is 12.5. The summed E-state index contributed by atoms with van der Waals surface area (Å²) in [6, 6.07) is 17.0. The lowest BCUT2D eigenvalue weighted by Crippen LogP contribution is -2.47. The summed E-state index contributed by atoms with van der Waals surface area (Å²) >= 11 is 0. The number of rotatable bonds is 6. The van der Waals surface area contributed by atoms with Crippen molar-refractivity contribution in [2.75, 3.05) is 31.6 Å². The molecule has 0 bridgehead atoms. The molecule has 1 saturated heterocycles. The summed E-state index contributed by atoms with van der Waals surface area (Å²) in [4.78, 5) is 26.6. The number of piperidine rings is 1. The summed E-state index contributed by atoms with van der Waals surface area (Å²) in [6.07, 6.45) is 1.61. The Labute approximate surface area is 165 Å². The zero-order valence-electron chi connectivity index (χ0n) is 16.2. The van der Waals surface area contributed by atoms with Gasteiger partial charge in [-0.15, -0.1) is 0 Å². The Hall–Kier alpha value is -3.02. The summed E-state index contributed by atoms with van der Waals surface area (Å²) in [7, 11) is 0. The highest BCUT2D eigenvalue weighted by molar-refractivity contribution is 5.90. The van der Waals surface area contributed by atoms with E-state index in [1.54, 1.807) is 4.90 Å². The van der Waals surface area contributed by atoms with E-state index in [0.29, 0.717) is 26.2 Å². The average molecular weight is 381 g/mol. The molecular formula is C22H27N3O3. The molecule has 6 nitrogen and oxygen atoms in total. The van der Waals surface area contributed by atoms with E-state index in [-0.39, 0.29) is 17.9 Å². The highest BCUT2D eigenvalue weighted by Crippen LogP contribution is 2.18. The van der Waals surface area contributed by atoms with Gasteiger partial charge in [-0.25, -0.2) is 4.79 Å². The average Bonchev–Trinajstić information content (AvgIpc) is 2.73. The molecular weight excluding hydrogens is 354 g/mol. The van der Waals surface area contributed by atoms with Gasteiger partial charge in [0.2, 0.25) is 5.91 Å². The number of ether oxygens (including phenoxy) is 1. The van der Waals surface area contributed by atoms with E-state index in [2.05, 4.69) is 10.6 Å². The van der Waals surface area contributed by atoms with Crippen LogP contribution in [0.3, 0.4) is 0 Å². The molecule has 28 heavy (non-hydrogen) atoms. The zero-order chi connectivity index (χ0) is 19.8. The highest BCUT2D eigenvalue weighted by Gasteiger charge is 2.28. The number of likely N-dealkylation sites (tertiary alicyclic amines) is 1. The van der Waals surface area contributed by atoms with Gasteiger partial charge >= 0.3 is 6.03 Å². The molecule has 0 unspecified atom stereocenters. The third kappa shape index (κ3) is 5.74. The first kappa shape index (κ1) is 19.7. The zero-order valence-corrected chi connectivity index (χ0v) is 16.2. The minimum Gasteiger partial charge on any atom is -0.492 e. The molecule has 0 aromatic heterocycles. The van der Waals surface area contributed by atoms with Crippen LogP contribution in [-0.4, -0.2) is 43.1 Å². The molecule has 1 aliphatic rings. The summed E-state index contributed by atoms with van der Waals surface area (Å²) in [5.74, 6) is 0.584. The number of hydrogen-bond acceptors (Lipinski definition) is 3. The highest BCUT2D eigenvalue weighted by atomic mass is 16.5. The molecule has 1 atom stereocenters. The van der Waals surface area contributed by atoms with Crippen LogP contribution in [0.5, 0.6) is 5.75 Å². The summed E-state index contributed by atoms with van der Waals surface area (Å²) < 4.78 is 5.64. The van der Waals surface area contributed by atoms with Gasteiger partial charge in [0.05, 0.1) is 12.5 Å². The minimum atomic E-state index is -0.186. The predicted molar refractivity (Wildman–Crippen MR) is 109 cm³/mol. The first-order chi connectivity index (χ1) is 13.6. The Balaban J connectivity index is 1.41. The smallest absolute Gasteiger partial charge is 0.321 e. The van der Waals surface area contributed by atoms with Crippen molar-refractivity contribution in [3.05, 3.63) is 60.2 Å². The quantitative estimate of drug-likeness (QED) is 0.753. The van der Waals surface area contributed by atoms with E-state index < -0.39 is 0 Å². The SMILES string of the molecule is Cc1ccc(OCCNC(=O)[C@H]2CCCN(C(=O)Nc3ccccc3)C2)cc1. The fourth-order valence-electron chi connectivity index (χ4n) is 3.22. The number of carbonyl (C=O) groups excluding carboxylic acids is 2. The van der Waals surface area contributed by atoms with E-state index in [9.17, 15) is 9.59 Å². The van der Waals surface area contributed by atoms with E-state index in [1.165, 1.54) is 5.56 Å². The standard InChI is InChI=1S/C22H27N3O3/c1-17-9-11-20(12-10-17)28-15-13-23-21(26)18-6-5-14-25(16-18)22(27)24-19-7-3-2-4-8-19/h2-4,7-12,18H,5-6,13-16H2,1H3,(H,23,26)(H,24,27)/t18-/m0/s1. The molecule has 6 heteroatoms. The maximum absolute atomic E-state index is 12.5. The molecule has 1 aliphatic heterocycles. The van der Waals surface area contributed by atoms with Gasteiger partial charge in [-0.05, 0) is 44.0 Å². The summed E-state index contributed by atoms with van der Waals surface area (Å²) in [5.41, 5.74) is 1.94. The van der Waals surface area contributed by atoms with Crippen LogP contribution in [0.15, 0.2) is 54.6 Å². The minimum absolute atomic E-state index is 0.0234. The fourth-order valence-corrected chi connectivity index (χ4v) is 3.22. The van der Waals surface area contributed by atoms with E-state index in [4.69, 9.17) is 4.74 Å². The molecule has 0 aliphatic carbocycles. The largest absolute Gasteiger partial charge is 0.492 e. The maximum Gasteiger partial charge on any atom is 0.321 e. The molecule has 3 rings (SSSR count). The molecule has 2 aromatic rings. The Bertz CT molecular complexity index is 777. The molecule has 0 spiro atoms. The molecule has 1 heterocycles. The van der Waals surface area contributed by atoms with Crippen molar-refractivity contribution >= 4 is 17.6 Å². The van der Waals surface area contributed by atoms with Gasteiger partial charge in [-0.3, -0.25) is 4.79 Å². The number of nitrogens with one attached hydrogen (secondary N) is 2. The topological polar surface area (TPSA) is 70.7 Å². The normalized spacial score (nSPS) is 16.3. The number of aryl methyl sites for hydroxylation is 1. The van der Waals surface area contributed by atoms with Crippen molar-refractivity contribution in [2.45, 2.75) is 19.8 Å². The van der Waals surface area contributed by atoms with Crippen molar-refractivity contribution in [3.8, 4) is 5.75 Å². The Kier molecular flexibility index (Phi) is 6.89. The number of carbonyl (C=O) groups is 2. The second-order valence-corrected chi connectivity index (χ2v) is 7.03. The summed E-state index contributed by atoms with van der Waals surface area (Å²) in [6.45, 7) is 3.99. The second-order valence-electron chi connectivity index (χ2n) is 7.03. The monoisotopic (exact) mass is 381 g/mol. The lowest BCUT2D eigenvalue weighted by molar-refractivity contribution is -0.126. The number of benzene rings is 2. The molecule has 2 aromatic carbocycles. The van der Waals surface area contributed by atoms with Crippen LogP contribution < -0.4 is 15.4 Å². The fraction of sp³-hybridized carbons (Fsp3) is 0.364. The van der Waals surface area contributed by atoms with Crippen LogP contribution in [0.1, 0.15) is 18.4 Å². The Morgan fingerprint density at radius 1 is 1.11 bits per heavy atom. The molecule has 1 fully saturated rings. The van der Waals surface area contributed by atoms with Gasteiger partial charge in [-0.1, -0.05) is 35.9 Å². The number of anilines is 1. The third-order valence-electron chi connectivity index (χ3n) is 4.80. The van der Waals surface area contributed by atoms with E-state index in [1.807, 2.05) is 61.5 Å².